The van der Waals surface area contributed by atoms with E-state index in [1.807, 2.05) is 0 Å². The Labute approximate surface area is 104 Å². The lowest BCUT2D eigenvalue weighted by atomic mass is 9.94. The molecule has 6 nitrogen and oxygen atoms in total. The zero-order chi connectivity index (χ0) is 13.7. The fraction of sp³-hybridized carbons (Fsp3) is 1.00. The molecule has 0 saturated heterocycles. The highest BCUT2D eigenvalue weighted by Crippen LogP contribution is 2.18. The summed E-state index contributed by atoms with van der Waals surface area (Å²) in [5, 5.41) is 26.0. The summed E-state index contributed by atoms with van der Waals surface area (Å²) in [5.74, 6) is 0. The maximum absolute atomic E-state index is 8.66. The minimum atomic E-state index is -0.639. The molecule has 6 heteroatoms. The Bertz CT molecular complexity index is 154. The Morgan fingerprint density at radius 2 is 1.18 bits per heavy atom. The van der Waals surface area contributed by atoms with Crippen LogP contribution in [0.5, 0.6) is 0 Å². The zero-order valence-electron chi connectivity index (χ0n) is 11.1. The van der Waals surface area contributed by atoms with Crippen molar-refractivity contribution >= 4 is 0 Å². The van der Waals surface area contributed by atoms with E-state index in [-0.39, 0.29) is 66.4 Å². The molecular formula is C11H24O6. The molecule has 0 bridgehead atoms. The number of ether oxygens (including phenoxy) is 3. The highest BCUT2D eigenvalue weighted by molar-refractivity contribution is 4.73. The lowest BCUT2D eigenvalue weighted by molar-refractivity contribution is -0.0710. The molecular weight excluding hydrogens is 228 g/mol. The highest BCUT2D eigenvalue weighted by Gasteiger charge is 2.25. The van der Waals surface area contributed by atoms with Gasteiger partial charge in [-0.05, 0) is 0 Å². The summed E-state index contributed by atoms with van der Waals surface area (Å²) in [6, 6.07) is 0. The largest absolute Gasteiger partial charge is 0.394 e. The minimum Gasteiger partial charge on any atom is -0.394 e. The summed E-state index contributed by atoms with van der Waals surface area (Å²) in [6.07, 6.45) is 0. The third-order valence-electron chi connectivity index (χ3n) is 1.93. The standard InChI is InChI=1S/C11H24O6/c1-11(8-15-5-2-12,9-16-6-3-13)10-17-7-4-14/h12-14H,2-10H2,1H3/i1T. The van der Waals surface area contributed by atoms with Gasteiger partial charge < -0.3 is 29.5 Å². The van der Waals surface area contributed by atoms with E-state index < -0.39 is 5.41 Å². The summed E-state index contributed by atoms with van der Waals surface area (Å²) in [4.78, 5) is 0. The van der Waals surface area contributed by atoms with E-state index in [9.17, 15) is 0 Å². The zero-order valence-corrected chi connectivity index (χ0v) is 10.1. The molecule has 0 rings (SSSR count). The maximum Gasteiger partial charge on any atom is 0.0698 e. The van der Waals surface area contributed by atoms with Crippen LogP contribution >= 0.6 is 0 Å². The van der Waals surface area contributed by atoms with Gasteiger partial charge in [-0.15, -0.1) is 0 Å². The normalized spacial score (nSPS) is 12.8. The van der Waals surface area contributed by atoms with Gasteiger partial charge in [-0.1, -0.05) is 6.90 Å². The van der Waals surface area contributed by atoms with E-state index >= 15 is 0 Å². The summed E-state index contributed by atoms with van der Waals surface area (Å²) < 4.78 is 23.3. The smallest absolute Gasteiger partial charge is 0.0698 e. The monoisotopic (exact) mass is 254 g/mol. The summed E-state index contributed by atoms with van der Waals surface area (Å²) in [7, 11) is 0. The first-order chi connectivity index (χ1) is 8.74. The number of aliphatic hydroxyl groups is 3. The molecule has 0 aromatic rings. The number of rotatable bonds is 12. The highest BCUT2D eigenvalue weighted by atomic mass is 16.5. The molecule has 0 aromatic carbocycles. The minimum absolute atomic E-state index is 0.0370. The number of aliphatic hydroxyl groups excluding tert-OH is 3. The fourth-order valence-corrected chi connectivity index (χ4v) is 1.18. The third kappa shape index (κ3) is 9.46. The van der Waals surface area contributed by atoms with Crippen molar-refractivity contribution in [3.8, 4) is 0 Å². The average Bonchev–Trinajstić information content (AvgIpc) is 2.39. The molecule has 0 saturated carbocycles. The van der Waals surface area contributed by atoms with Crippen LogP contribution in [0.4, 0.5) is 0 Å². The van der Waals surface area contributed by atoms with Crippen LogP contribution in [-0.4, -0.2) is 74.8 Å². The molecule has 0 aliphatic carbocycles. The second kappa shape index (κ2) is 10.9. The quantitative estimate of drug-likeness (QED) is 0.388. The first kappa shape index (κ1) is 14.8. The van der Waals surface area contributed by atoms with Crippen molar-refractivity contribution in [1.29, 1.82) is 0 Å². The van der Waals surface area contributed by atoms with Crippen molar-refractivity contribution in [1.82, 2.24) is 0 Å². The number of hydrogen-bond donors (Lipinski definition) is 3. The van der Waals surface area contributed by atoms with E-state index in [0.717, 1.165) is 0 Å². The van der Waals surface area contributed by atoms with Crippen molar-refractivity contribution in [3.63, 3.8) is 0 Å². The maximum atomic E-state index is 8.66. The molecule has 0 aliphatic rings. The van der Waals surface area contributed by atoms with Gasteiger partial charge in [0.05, 0.1) is 59.5 Å². The van der Waals surface area contributed by atoms with Gasteiger partial charge in [-0.25, -0.2) is 0 Å². The van der Waals surface area contributed by atoms with Gasteiger partial charge in [0.1, 0.15) is 0 Å². The van der Waals surface area contributed by atoms with Crippen LogP contribution in [0.2, 0.25) is 0 Å². The molecule has 0 atom stereocenters. The van der Waals surface area contributed by atoms with Crippen LogP contribution < -0.4 is 0 Å². The topological polar surface area (TPSA) is 88.4 Å². The van der Waals surface area contributed by atoms with Crippen LogP contribution in [0.15, 0.2) is 0 Å². The Kier molecular flexibility index (Phi) is 9.49. The molecule has 0 radical (unpaired) electrons. The average molecular weight is 254 g/mol. The van der Waals surface area contributed by atoms with Crippen molar-refractivity contribution in [2.24, 2.45) is 5.41 Å². The lowest BCUT2D eigenvalue weighted by Gasteiger charge is -2.28. The Balaban J connectivity index is 4.20. The summed E-state index contributed by atoms with van der Waals surface area (Å²) in [6.45, 7) is 1.07. The van der Waals surface area contributed by atoms with Gasteiger partial charge in [0, 0.05) is 6.79 Å². The molecule has 0 heterocycles. The molecule has 104 valence electrons. The van der Waals surface area contributed by atoms with Crippen LogP contribution in [0.3, 0.4) is 0 Å². The molecule has 0 unspecified atom stereocenters. The molecule has 17 heavy (non-hydrogen) atoms. The van der Waals surface area contributed by atoms with Gasteiger partial charge >= 0.3 is 0 Å². The van der Waals surface area contributed by atoms with Crippen molar-refractivity contribution in [3.05, 3.63) is 0 Å². The summed E-state index contributed by atoms with van der Waals surface area (Å²) >= 11 is 0. The molecule has 3 N–H and O–H groups in total. The van der Waals surface area contributed by atoms with E-state index in [4.69, 9.17) is 30.9 Å². The lowest BCUT2D eigenvalue weighted by Crippen LogP contribution is -2.35. The van der Waals surface area contributed by atoms with E-state index in [1.165, 1.54) is 0 Å². The van der Waals surface area contributed by atoms with Crippen LogP contribution in [-0.2, 0) is 14.2 Å². The van der Waals surface area contributed by atoms with Crippen LogP contribution in [0, 0.1) is 5.41 Å². The second-order valence-electron chi connectivity index (χ2n) is 3.83. The Hall–Kier alpha value is -0.240. The van der Waals surface area contributed by atoms with Crippen LogP contribution in [0.1, 0.15) is 8.27 Å². The van der Waals surface area contributed by atoms with Crippen molar-refractivity contribution in [2.75, 3.05) is 59.5 Å². The molecule has 0 aliphatic heterocycles. The molecule has 0 spiro atoms. The van der Waals surface area contributed by atoms with Crippen LogP contribution in [0.25, 0.3) is 0 Å². The van der Waals surface area contributed by atoms with Gasteiger partial charge in [0.2, 0.25) is 0 Å². The predicted octanol–water partition coefficient (Wildman–Crippen LogP) is -0.981. The summed E-state index contributed by atoms with van der Waals surface area (Å²) in [5.41, 5.74) is -0.639. The second-order valence-corrected chi connectivity index (χ2v) is 3.83. The van der Waals surface area contributed by atoms with Gasteiger partial charge in [0.25, 0.3) is 0 Å². The molecule has 0 aromatic heterocycles. The first-order valence-corrected chi connectivity index (χ1v) is 5.59. The SMILES string of the molecule is [3H]CC(COCCO)(COCCO)COCCO. The van der Waals surface area contributed by atoms with E-state index in [0.29, 0.717) is 0 Å². The van der Waals surface area contributed by atoms with Crippen molar-refractivity contribution in [2.45, 2.75) is 6.90 Å². The Morgan fingerprint density at radius 3 is 1.41 bits per heavy atom. The predicted molar refractivity (Wildman–Crippen MR) is 61.8 cm³/mol. The third-order valence-corrected chi connectivity index (χ3v) is 1.93. The Morgan fingerprint density at radius 1 is 0.824 bits per heavy atom. The van der Waals surface area contributed by atoms with Crippen molar-refractivity contribution < 1.29 is 30.9 Å². The van der Waals surface area contributed by atoms with E-state index in [2.05, 4.69) is 0 Å². The number of hydrogen-bond acceptors (Lipinski definition) is 6. The first-order valence-electron chi connectivity index (χ1n) is 6.30. The molecule has 0 fully saturated rings. The van der Waals surface area contributed by atoms with Gasteiger partial charge in [-0.2, -0.15) is 0 Å². The fourth-order valence-electron chi connectivity index (χ4n) is 1.18. The molecule has 0 amide bonds. The van der Waals surface area contributed by atoms with Gasteiger partial charge in [-0.3, -0.25) is 0 Å². The van der Waals surface area contributed by atoms with Gasteiger partial charge in [0.15, 0.2) is 0 Å². The van der Waals surface area contributed by atoms with E-state index in [1.54, 1.807) is 0 Å².